The molecule has 2 aliphatic carbocycles. The molecule has 2 saturated carbocycles. The number of anilines is 1. The number of sulfonamides is 1. The number of hydrogen-bond acceptors (Lipinski definition) is 8. The molecule has 5 rings (SSSR count). The second kappa shape index (κ2) is 13.6. The van der Waals surface area contributed by atoms with Crippen LogP contribution in [-0.2, 0) is 10.0 Å². The number of carbonyl (C=O) groups is 1. The molecule has 10 nitrogen and oxygen atoms in total. The number of carboxylic acid groups (broad SMARTS) is 1. The van der Waals surface area contributed by atoms with Gasteiger partial charge in [-0.3, -0.25) is 15.0 Å². The van der Waals surface area contributed by atoms with Crippen LogP contribution in [0.3, 0.4) is 0 Å². The third-order valence-electron chi connectivity index (χ3n) is 7.58. The molecule has 2 fully saturated rings. The van der Waals surface area contributed by atoms with Crippen molar-refractivity contribution in [1.29, 1.82) is 0 Å². The quantitative estimate of drug-likeness (QED) is 0.186. The van der Waals surface area contributed by atoms with Gasteiger partial charge in [0.15, 0.2) is 11.5 Å². The Bertz CT molecular complexity index is 1630. The molecular formula is C30H32Cl2F2N2O8S. The van der Waals surface area contributed by atoms with Crippen molar-refractivity contribution in [2.75, 3.05) is 30.7 Å². The maximum Gasteiger partial charge on any atom is 0.387 e. The van der Waals surface area contributed by atoms with Gasteiger partial charge in [0.05, 0.1) is 42.3 Å². The van der Waals surface area contributed by atoms with E-state index in [1.165, 1.54) is 36.5 Å². The number of hydrogen-bond donors (Lipinski definition) is 3. The first-order valence-corrected chi connectivity index (χ1v) is 16.9. The van der Waals surface area contributed by atoms with E-state index in [0.29, 0.717) is 11.1 Å². The Labute approximate surface area is 269 Å². The Balaban J connectivity index is 1.72. The summed E-state index contributed by atoms with van der Waals surface area (Å²) in [7, 11) is -3.83. The van der Waals surface area contributed by atoms with Gasteiger partial charge < -0.3 is 19.3 Å². The molecule has 3 N–H and O–H groups in total. The van der Waals surface area contributed by atoms with Crippen molar-refractivity contribution >= 4 is 44.9 Å². The third-order valence-corrected chi connectivity index (χ3v) is 8.84. The number of nitrogens with zero attached hydrogens (tertiary/aromatic N) is 1. The van der Waals surface area contributed by atoms with E-state index < -0.39 is 28.5 Å². The van der Waals surface area contributed by atoms with Crippen molar-refractivity contribution in [3.8, 4) is 17.2 Å². The summed E-state index contributed by atoms with van der Waals surface area (Å²) in [5.41, 5.74) is 0.742. The molecule has 2 aromatic carbocycles. The summed E-state index contributed by atoms with van der Waals surface area (Å²) in [6.45, 7) is -2.73. The molecule has 1 unspecified atom stereocenters. The lowest BCUT2D eigenvalue weighted by Crippen LogP contribution is -2.21. The van der Waals surface area contributed by atoms with Gasteiger partial charge in [0.1, 0.15) is 5.75 Å². The first kappa shape index (κ1) is 33.1. The molecule has 15 heteroatoms. The van der Waals surface area contributed by atoms with Crippen molar-refractivity contribution in [3.63, 3.8) is 0 Å². The highest BCUT2D eigenvalue weighted by molar-refractivity contribution is 7.92. The third kappa shape index (κ3) is 8.72. The number of nitrogens with one attached hydrogen (secondary N) is 1. The average molecular weight is 690 g/mol. The topological polar surface area (TPSA) is 135 Å². The number of aromatic carboxylic acids is 1. The summed E-state index contributed by atoms with van der Waals surface area (Å²) in [4.78, 5) is 12.7. The molecule has 2 aromatic rings. The molecule has 0 bridgehead atoms. The first-order chi connectivity index (χ1) is 21.3. The zero-order valence-corrected chi connectivity index (χ0v) is 26.5. The Morgan fingerprint density at radius 1 is 1.07 bits per heavy atom. The van der Waals surface area contributed by atoms with Crippen LogP contribution in [0.2, 0.25) is 0 Å². The molecule has 0 radical (unpaired) electrons. The van der Waals surface area contributed by atoms with E-state index in [1.54, 1.807) is 0 Å². The highest BCUT2D eigenvalue weighted by atomic mass is 35.5. The van der Waals surface area contributed by atoms with Crippen LogP contribution in [0.1, 0.15) is 59.5 Å². The number of carboxylic acids is 1. The van der Waals surface area contributed by atoms with Crippen molar-refractivity contribution in [2.45, 2.75) is 44.6 Å². The predicted molar refractivity (Wildman–Crippen MR) is 163 cm³/mol. The van der Waals surface area contributed by atoms with Crippen molar-refractivity contribution in [1.82, 2.24) is 5.06 Å². The zero-order valence-electron chi connectivity index (χ0n) is 24.1. The average Bonchev–Trinajstić information content (AvgIpc) is 3.86. The fourth-order valence-corrected chi connectivity index (χ4v) is 6.23. The van der Waals surface area contributed by atoms with Crippen molar-refractivity contribution in [2.24, 2.45) is 11.8 Å². The summed E-state index contributed by atoms with van der Waals surface area (Å²) in [6, 6.07) is 6.88. The fourth-order valence-electron chi connectivity index (χ4n) is 5.01. The number of allylic oxidation sites excluding steroid dienone is 2. The summed E-state index contributed by atoms with van der Waals surface area (Å²) >= 11 is 13.1. The van der Waals surface area contributed by atoms with Gasteiger partial charge in [-0.1, -0.05) is 29.3 Å². The van der Waals surface area contributed by atoms with E-state index in [4.69, 9.17) is 37.4 Å². The van der Waals surface area contributed by atoms with Gasteiger partial charge in [-0.25, -0.2) is 13.2 Å². The van der Waals surface area contributed by atoms with Crippen LogP contribution in [0.5, 0.6) is 17.2 Å². The molecule has 1 aliphatic heterocycles. The summed E-state index contributed by atoms with van der Waals surface area (Å²) in [5, 5.41) is 21.4. The molecular weight excluding hydrogens is 657 g/mol. The molecule has 0 spiro atoms. The van der Waals surface area contributed by atoms with Gasteiger partial charge in [0.2, 0.25) is 10.0 Å². The van der Waals surface area contributed by atoms with Gasteiger partial charge in [-0.05, 0) is 79.3 Å². The summed E-state index contributed by atoms with van der Waals surface area (Å²) in [5.74, 6) is -1.93. The van der Waals surface area contributed by atoms with Crippen LogP contribution < -0.4 is 18.9 Å². The SMILES string of the molecule is CS(=O)(=O)Nc1ccc(C(=O)O)c(C(CC2=C(Cl)CN(O)C=C2Cl)c2ccc(OC(F)F)c(OCC3CC3)c2)c1OCC1CC1. The minimum absolute atomic E-state index is 0.00185. The Morgan fingerprint density at radius 3 is 2.31 bits per heavy atom. The highest BCUT2D eigenvalue weighted by Gasteiger charge is 2.33. The van der Waals surface area contributed by atoms with Crippen LogP contribution in [-0.4, -0.2) is 62.4 Å². The van der Waals surface area contributed by atoms with Gasteiger partial charge in [-0.2, -0.15) is 8.78 Å². The highest BCUT2D eigenvalue weighted by Crippen LogP contribution is 2.48. The van der Waals surface area contributed by atoms with E-state index >= 15 is 0 Å². The largest absolute Gasteiger partial charge is 0.491 e. The van der Waals surface area contributed by atoms with Crippen LogP contribution in [0.25, 0.3) is 0 Å². The molecule has 45 heavy (non-hydrogen) atoms. The summed E-state index contributed by atoms with van der Waals surface area (Å²) < 4.78 is 70.6. The number of hydroxylamine groups is 2. The monoisotopic (exact) mass is 688 g/mol. The molecule has 244 valence electrons. The predicted octanol–water partition coefficient (Wildman–Crippen LogP) is 6.74. The molecule has 0 amide bonds. The van der Waals surface area contributed by atoms with Crippen LogP contribution in [0.4, 0.5) is 14.5 Å². The Morgan fingerprint density at radius 2 is 1.73 bits per heavy atom. The second-order valence-electron chi connectivity index (χ2n) is 11.4. The van der Waals surface area contributed by atoms with Gasteiger partial charge in [0.25, 0.3) is 0 Å². The maximum absolute atomic E-state index is 13.3. The molecule has 0 saturated heterocycles. The van der Waals surface area contributed by atoms with Crippen LogP contribution in [0.15, 0.2) is 52.2 Å². The Kier molecular flexibility index (Phi) is 10.0. The lowest BCUT2D eigenvalue weighted by atomic mass is 9.81. The van der Waals surface area contributed by atoms with Crippen LogP contribution in [0, 0.1) is 11.8 Å². The van der Waals surface area contributed by atoms with Gasteiger partial charge >= 0.3 is 12.6 Å². The molecule has 1 atom stereocenters. The number of rotatable bonds is 15. The normalized spacial score (nSPS) is 17.7. The van der Waals surface area contributed by atoms with E-state index in [9.17, 15) is 32.3 Å². The van der Waals surface area contributed by atoms with Gasteiger partial charge in [-0.15, -0.1) is 0 Å². The van der Waals surface area contributed by atoms with E-state index in [0.717, 1.165) is 37.0 Å². The van der Waals surface area contributed by atoms with Gasteiger partial charge in [0, 0.05) is 22.7 Å². The van der Waals surface area contributed by atoms with Crippen molar-refractivity contribution < 1.29 is 46.5 Å². The molecule has 1 heterocycles. The minimum atomic E-state index is -3.83. The van der Waals surface area contributed by atoms with E-state index in [1.807, 2.05) is 0 Å². The van der Waals surface area contributed by atoms with Crippen LogP contribution >= 0.6 is 23.2 Å². The molecule has 3 aliphatic rings. The lowest BCUT2D eigenvalue weighted by molar-refractivity contribution is -0.0515. The first-order valence-electron chi connectivity index (χ1n) is 14.2. The Hall–Kier alpha value is -3.26. The van der Waals surface area contributed by atoms with E-state index in [2.05, 4.69) is 4.72 Å². The smallest absolute Gasteiger partial charge is 0.387 e. The zero-order chi connectivity index (χ0) is 32.5. The molecule has 0 aromatic heterocycles. The maximum atomic E-state index is 13.3. The minimum Gasteiger partial charge on any atom is -0.491 e. The number of benzene rings is 2. The number of ether oxygens (including phenoxy) is 3. The lowest BCUT2D eigenvalue weighted by Gasteiger charge is -2.28. The standard InChI is InChI=1S/C30H32Cl2F2N2O8S/c1-45(40,41)35-24-8-7-19(29(37)38)27(28(24)43-15-17-4-5-17)20(11-21-22(31)12-36(39)13-23(21)32)18-6-9-25(44-30(33)34)26(10-18)42-14-16-2-3-16/h6-10,12,16-17,20,30,35,39H,2-5,11,13-15H2,1H3,(H,37,38). The van der Waals surface area contributed by atoms with Crippen molar-refractivity contribution in [3.05, 3.63) is 68.9 Å². The number of halogens is 4. The fraction of sp³-hybridized carbons (Fsp3) is 0.433. The van der Waals surface area contributed by atoms with E-state index in [-0.39, 0.29) is 82.1 Å². The number of alkyl halides is 2. The second-order valence-corrected chi connectivity index (χ2v) is 14.0. The summed E-state index contributed by atoms with van der Waals surface area (Å²) in [6.07, 6.45) is 5.87.